The van der Waals surface area contributed by atoms with Crippen molar-refractivity contribution in [3.05, 3.63) is 53.5 Å². The van der Waals surface area contributed by atoms with E-state index in [0.29, 0.717) is 23.7 Å². The molecule has 0 spiro atoms. The predicted octanol–water partition coefficient (Wildman–Crippen LogP) is 2.47. The van der Waals surface area contributed by atoms with Gasteiger partial charge < -0.3 is 14.2 Å². The molecule has 1 heterocycles. The van der Waals surface area contributed by atoms with Crippen molar-refractivity contribution in [3.63, 3.8) is 0 Å². The third-order valence-corrected chi connectivity index (χ3v) is 3.29. The fourth-order valence-corrected chi connectivity index (χ4v) is 2.27. The summed E-state index contributed by atoms with van der Waals surface area (Å²) in [6.45, 7) is 2.20. The number of rotatable bonds is 6. The van der Waals surface area contributed by atoms with Crippen molar-refractivity contribution in [2.24, 2.45) is 7.05 Å². The van der Waals surface area contributed by atoms with E-state index in [0.717, 1.165) is 5.56 Å². The van der Waals surface area contributed by atoms with Crippen molar-refractivity contribution in [2.45, 2.75) is 13.5 Å². The molecule has 0 aliphatic rings. The number of hydrogen-bond acceptors (Lipinski definition) is 5. The van der Waals surface area contributed by atoms with Crippen LogP contribution < -0.4 is 4.74 Å². The molecule has 1 aromatic carbocycles. The van der Waals surface area contributed by atoms with Gasteiger partial charge in [-0.3, -0.25) is 4.68 Å². The van der Waals surface area contributed by atoms with Crippen LogP contribution in [-0.2, 0) is 27.9 Å². The molecule has 1 aromatic heterocycles. The molecule has 0 saturated heterocycles. The molecule has 6 heteroatoms. The summed E-state index contributed by atoms with van der Waals surface area (Å²) in [5, 5.41) is 4.33. The number of methoxy groups -OCH3 is 2. The van der Waals surface area contributed by atoms with Gasteiger partial charge in [0.05, 0.1) is 20.5 Å². The molecule has 0 aliphatic carbocycles. The molecule has 0 saturated carbocycles. The van der Waals surface area contributed by atoms with Gasteiger partial charge in [0.1, 0.15) is 23.6 Å². The summed E-state index contributed by atoms with van der Waals surface area (Å²) in [5.41, 5.74) is 2.48. The third-order valence-electron chi connectivity index (χ3n) is 3.29. The van der Waals surface area contributed by atoms with E-state index in [4.69, 9.17) is 14.2 Å². The zero-order valence-corrected chi connectivity index (χ0v) is 13.7. The Kier molecular flexibility index (Phi) is 5.41. The Bertz CT molecular complexity index is 705. The van der Waals surface area contributed by atoms with E-state index in [1.54, 1.807) is 11.7 Å². The lowest BCUT2D eigenvalue weighted by Crippen LogP contribution is -2.10. The second kappa shape index (κ2) is 7.49. The monoisotopic (exact) mass is 316 g/mol. The van der Waals surface area contributed by atoms with Crippen LogP contribution in [-0.4, -0.2) is 30.0 Å². The molecule has 0 amide bonds. The molecule has 2 rings (SSSR count). The smallest absolute Gasteiger partial charge is 0.343 e. The fraction of sp³-hybridized carbons (Fsp3) is 0.294. The average Bonchev–Trinajstić information content (AvgIpc) is 2.84. The van der Waals surface area contributed by atoms with Gasteiger partial charge in [-0.05, 0) is 12.5 Å². The van der Waals surface area contributed by atoms with Crippen LogP contribution in [0.1, 0.15) is 17.0 Å². The topological polar surface area (TPSA) is 62.6 Å². The summed E-state index contributed by atoms with van der Waals surface area (Å²) in [6.07, 6.45) is 1.33. The van der Waals surface area contributed by atoms with Crippen LogP contribution in [0.5, 0.6) is 5.75 Å². The minimum Gasteiger partial charge on any atom is -0.503 e. The summed E-state index contributed by atoms with van der Waals surface area (Å²) in [6, 6.07) is 9.77. The summed E-state index contributed by atoms with van der Waals surface area (Å²) in [7, 11) is 4.53. The Balaban J connectivity index is 2.36. The lowest BCUT2D eigenvalue weighted by molar-refractivity contribution is -0.133. The lowest BCUT2D eigenvalue weighted by atomic mass is 10.1. The van der Waals surface area contributed by atoms with Crippen LogP contribution in [0.2, 0.25) is 0 Å². The number of esters is 1. The van der Waals surface area contributed by atoms with E-state index < -0.39 is 5.97 Å². The van der Waals surface area contributed by atoms with Gasteiger partial charge in [-0.2, -0.15) is 5.10 Å². The molecule has 23 heavy (non-hydrogen) atoms. The van der Waals surface area contributed by atoms with E-state index >= 15 is 0 Å². The van der Waals surface area contributed by atoms with Crippen molar-refractivity contribution < 1.29 is 19.0 Å². The molecule has 6 nitrogen and oxygen atoms in total. The predicted molar refractivity (Wildman–Crippen MR) is 85.7 cm³/mol. The molecule has 0 radical (unpaired) electrons. The van der Waals surface area contributed by atoms with Gasteiger partial charge in [-0.15, -0.1) is 0 Å². The first-order valence-electron chi connectivity index (χ1n) is 7.10. The number of hydrogen-bond donors (Lipinski definition) is 0. The van der Waals surface area contributed by atoms with E-state index in [1.165, 1.54) is 20.5 Å². The second-order valence-corrected chi connectivity index (χ2v) is 4.92. The molecule has 0 aliphatic heterocycles. The molecule has 122 valence electrons. The highest BCUT2D eigenvalue weighted by Gasteiger charge is 2.24. The Morgan fingerprint density at radius 2 is 1.96 bits per heavy atom. The largest absolute Gasteiger partial charge is 0.503 e. The Hall–Kier alpha value is -2.76. The van der Waals surface area contributed by atoms with Gasteiger partial charge in [0, 0.05) is 7.05 Å². The second-order valence-electron chi connectivity index (χ2n) is 4.92. The van der Waals surface area contributed by atoms with E-state index in [1.807, 2.05) is 37.3 Å². The van der Waals surface area contributed by atoms with E-state index in [-0.39, 0.29) is 5.57 Å². The molecule has 0 N–H and O–H groups in total. The highest BCUT2D eigenvalue weighted by Crippen LogP contribution is 2.30. The van der Waals surface area contributed by atoms with Crippen molar-refractivity contribution in [1.82, 2.24) is 9.78 Å². The summed E-state index contributed by atoms with van der Waals surface area (Å²) < 4.78 is 17.3. The van der Waals surface area contributed by atoms with Crippen LogP contribution in [0.15, 0.2) is 36.6 Å². The first-order valence-corrected chi connectivity index (χ1v) is 7.10. The SMILES string of the molecule is CO/C=C(\C(=O)OC)c1c(OCc2ccccc2)c(C)nn1C. The van der Waals surface area contributed by atoms with Gasteiger partial charge in [-0.1, -0.05) is 30.3 Å². The molecule has 0 unspecified atom stereocenters. The zero-order chi connectivity index (χ0) is 16.8. The number of aromatic nitrogens is 2. The summed E-state index contributed by atoms with van der Waals surface area (Å²) in [5.74, 6) is 0.0180. The molecule has 2 aromatic rings. The third kappa shape index (κ3) is 3.71. The highest BCUT2D eigenvalue weighted by atomic mass is 16.5. The van der Waals surface area contributed by atoms with Gasteiger partial charge in [0.25, 0.3) is 0 Å². The number of carbonyl (C=O) groups excluding carboxylic acids is 1. The van der Waals surface area contributed by atoms with Crippen LogP contribution in [0, 0.1) is 6.92 Å². The first-order chi connectivity index (χ1) is 11.1. The first kappa shape index (κ1) is 16.6. The summed E-state index contributed by atoms with van der Waals surface area (Å²) >= 11 is 0. The van der Waals surface area contributed by atoms with Gasteiger partial charge in [0.2, 0.25) is 0 Å². The van der Waals surface area contributed by atoms with Crippen molar-refractivity contribution in [3.8, 4) is 5.75 Å². The van der Waals surface area contributed by atoms with Gasteiger partial charge in [-0.25, -0.2) is 4.79 Å². The standard InChI is InChI=1S/C17H20N2O4/c1-12-16(23-10-13-8-6-5-7-9-13)15(19(2)18-12)14(11-21-3)17(20)22-4/h5-9,11H,10H2,1-4H3/b14-11-. The van der Waals surface area contributed by atoms with Crippen molar-refractivity contribution >= 4 is 11.5 Å². The normalized spacial score (nSPS) is 11.2. The van der Waals surface area contributed by atoms with Gasteiger partial charge >= 0.3 is 5.97 Å². The van der Waals surface area contributed by atoms with E-state index in [9.17, 15) is 4.79 Å². The van der Waals surface area contributed by atoms with Crippen LogP contribution in [0.3, 0.4) is 0 Å². The Morgan fingerprint density at radius 3 is 2.57 bits per heavy atom. The molecular formula is C17H20N2O4. The minimum absolute atomic E-state index is 0.251. The van der Waals surface area contributed by atoms with Crippen LogP contribution >= 0.6 is 0 Å². The van der Waals surface area contributed by atoms with E-state index in [2.05, 4.69) is 5.10 Å². The number of aryl methyl sites for hydroxylation is 2. The highest BCUT2D eigenvalue weighted by molar-refractivity contribution is 6.16. The average molecular weight is 316 g/mol. The number of nitrogens with zero attached hydrogens (tertiary/aromatic N) is 2. The minimum atomic E-state index is -0.514. The van der Waals surface area contributed by atoms with Gasteiger partial charge in [0.15, 0.2) is 5.75 Å². The number of ether oxygens (including phenoxy) is 3. The maximum Gasteiger partial charge on any atom is 0.343 e. The number of benzene rings is 1. The lowest BCUT2D eigenvalue weighted by Gasteiger charge is -2.11. The Labute approximate surface area is 135 Å². The quantitative estimate of drug-likeness (QED) is 0.465. The number of carbonyl (C=O) groups is 1. The molecule has 0 fully saturated rings. The maximum absolute atomic E-state index is 12.0. The zero-order valence-electron chi connectivity index (χ0n) is 13.7. The van der Waals surface area contributed by atoms with Crippen LogP contribution in [0.4, 0.5) is 0 Å². The van der Waals surface area contributed by atoms with Crippen molar-refractivity contribution in [1.29, 1.82) is 0 Å². The fourth-order valence-electron chi connectivity index (χ4n) is 2.27. The molecule has 0 bridgehead atoms. The summed E-state index contributed by atoms with van der Waals surface area (Å²) in [4.78, 5) is 12.0. The Morgan fingerprint density at radius 1 is 1.26 bits per heavy atom. The maximum atomic E-state index is 12.0. The molecule has 0 atom stereocenters. The van der Waals surface area contributed by atoms with Crippen LogP contribution in [0.25, 0.3) is 5.57 Å². The molecular weight excluding hydrogens is 296 g/mol. The van der Waals surface area contributed by atoms with Crippen molar-refractivity contribution in [2.75, 3.05) is 14.2 Å².